The van der Waals surface area contributed by atoms with Gasteiger partial charge in [0, 0.05) is 26.2 Å². The Hall–Kier alpha value is -1.60. The Morgan fingerprint density at radius 1 is 1.08 bits per heavy atom. The topological polar surface area (TPSA) is 73.8 Å². The molecule has 0 bridgehead atoms. The molecule has 0 aliphatic rings. The molecule has 0 saturated heterocycles. The standard InChI is InChI=1S/C19H34N4O2S/c1-5-7-13-20-19(22-16-18-11-9-17(3)10-12-18)21-14-8-15-23(6-2)26(4,24)25/h9-12H,5-8,13-16H2,1-4H3,(H2,20,21,22). The van der Waals surface area contributed by atoms with Gasteiger partial charge in [0.15, 0.2) is 5.96 Å². The highest BCUT2D eigenvalue weighted by atomic mass is 32.2. The Labute approximate surface area is 159 Å². The van der Waals surface area contributed by atoms with Crippen LogP contribution in [0.4, 0.5) is 0 Å². The zero-order valence-electron chi connectivity index (χ0n) is 16.6. The number of hydrogen-bond acceptors (Lipinski definition) is 3. The van der Waals surface area contributed by atoms with E-state index in [1.54, 1.807) is 0 Å². The van der Waals surface area contributed by atoms with E-state index in [0.29, 0.717) is 26.2 Å². The number of nitrogens with zero attached hydrogens (tertiary/aromatic N) is 2. The fourth-order valence-corrected chi connectivity index (χ4v) is 3.37. The van der Waals surface area contributed by atoms with Crippen molar-refractivity contribution in [3.05, 3.63) is 35.4 Å². The van der Waals surface area contributed by atoms with Crippen molar-refractivity contribution in [3.8, 4) is 0 Å². The molecule has 0 spiro atoms. The van der Waals surface area contributed by atoms with Crippen LogP contribution >= 0.6 is 0 Å². The van der Waals surface area contributed by atoms with Gasteiger partial charge in [-0.15, -0.1) is 0 Å². The van der Waals surface area contributed by atoms with Gasteiger partial charge >= 0.3 is 0 Å². The van der Waals surface area contributed by atoms with Crippen LogP contribution in [0.3, 0.4) is 0 Å². The molecule has 2 N–H and O–H groups in total. The average molecular weight is 383 g/mol. The molecule has 0 fully saturated rings. The van der Waals surface area contributed by atoms with Crippen molar-refractivity contribution in [2.75, 3.05) is 32.4 Å². The molecule has 0 radical (unpaired) electrons. The van der Waals surface area contributed by atoms with Crippen molar-refractivity contribution in [2.24, 2.45) is 4.99 Å². The summed E-state index contributed by atoms with van der Waals surface area (Å²) in [6.45, 7) is 9.27. The molecule has 0 saturated carbocycles. The number of guanidine groups is 1. The fraction of sp³-hybridized carbons (Fsp3) is 0.632. The number of aliphatic imine (C=N–C) groups is 1. The first kappa shape index (κ1) is 22.4. The summed E-state index contributed by atoms with van der Waals surface area (Å²) in [5, 5.41) is 6.65. The number of rotatable bonds is 11. The lowest BCUT2D eigenvalue weighted by Crippen LogP contribution is -2.39. The van der Waals surface area contributed by atoms with Crippen LogP contribution < -0.4 is 10.6 Å². The molecule has 1 rings (SSSR count). The predicted octanol–water partition coefficient (Wildman–Crippen LogP) is 2.50. The number of benzene rings is 1. The molecular weight excluding hydrogens is 348 g/mol. The molecule has 148 valence electrons. The SMILES string of the molecule is CCCCNC(=NCc1ccc(C)cc1)NCCCN(CC)S(C)(=O)=O. The van der Waals surface area contributed by atoms with E-state index in [0.717, 1.165) is 31.8 Å². The molecule has 1 aromatic rings. The number of unbranched alkanes of at least 4 members (excludes halogenated alkanes) is 1. The van der Waals surface area contributed by atoms with Crippen molar-refractivity contribution in [1.29, 1.82) is 0 Å². The van der Waals surface area contributed by atoms with Gasteiger partial charge in [-0.25, -0.2) is 17.7 Å². The van der Waals surface area contributed by atoms with E-state index in [4.69, 9.17) is 0 Å². The summed E-state index contributed by atoms with van der Waals surface area (Å²) in [6, 6.07) is 8.36. The molecule has 0 aliphatic heterocycles. The largest absolute Gasteiger partial charge is 0.356 e. The lowest BCUT2D eigenvalue weighted by molar-refractivity contribution is 0.424. The highest BCUT2D eigenvalue weighted by Crippen LogP contribution is 2.04. The van der Waals surface area contributed by atoms with Gasteiger partial charge in [-0.1, -0.05) is 50.1 Å². The minimum Gasteiger partial charge on any atom is -0.356 e. The maximum atomic E-state index is 11.6. The molecule has 26 heavy (non-hydrogen) atoms. The fourth-order valence-electron chi connectivity index (χ4n) is 2.44. The van der Waals surface area contributed by atoms with E-state index in [-0.39, 0.29) is 0 Å². The Bertz CT molecular complexity index is 642. The molecule has 0 aromatic heterocycles. The molecular formula is C19H34N4O2S. The summed E-state index contributed by atoms with van der Waals surface area (Å²) >= 11 is 0. The summed E-state index contributed by atoms with van der Waals surface area (Å²) in [4.78, 5) is 4.64. The van der Waals surface area contributed by atoms with Gasteiger partial charge < -0.3 is 10.6 Å². The van der Waals surface area contributed by atoms with Crippen LogP contribution in [-0.2, 0) is 16.6 Å². The quantitative estimate of drug-likeness (QED) is 0.350. The first-order chi connectivity index (χ1) is 12.4. The van der Waals surface area contributed by atoms with Gasteiger partial charge in [-0.2, -0.15) is 0 Å². The molecule has 0 heterocycles. The number of sulfonamides is 1. The monoisotopic (exact) mass is 382 g/mol. The van der Waals surface area contributed by atoms with E-state index in [9.17, 15) is 8.42 Å². The van der Waals surface area contributed by atoms with E-state index < -0.39 is 10.0 Å². The summed E-state index contributed by atoms with van der Waals surface area (Å²) < 4.78 is 24.7. The molecule has 0 aliphatic carbocycles. The second-order valence-corrected chi connectivity index (χ2v) is 8.45. The van der Waals surface area contributed by atoms with Gasteiger partial charge in [-0.3, -0.25) is 0 Å². The smallest absolute Gasteiger partial charge is 0.211 e. The van der Waals surface area contributed by atoms with Crippen LogP contribution in [0.25, 0.3) is 0 Å². The summed E-state index contributed by atoms with van der Waals surface area (Å²) in [7, 11) is -3.12. The average Bonchev–Trinajstić information content (AvgIpc) is 2.59. The molecule has 7 heteroatoms. The van der Waals surface area contributed by atoms with Crippen LogP contribution in [0.15, 0.2) is 29.3 Å². The van der Waals surface area contributed by atoms with E-state index in [1.807, 2.05) is 6.92 Å². The van der Waals surface area contributed by atoms with Crippen molar-refractivity contribution in [3.63, 3.8) is 0 Å². The zero-order valence-corrected chi connectivity index (χ0v) is 17.4. The first-order valence-electron chi connectivity index (χ1n) is 9.39. The number of nitrogens with one attached hydrogen (secondary N) is 2. The minimum absolute atomic E-state index is 0.502. The van der Waals surface area contributed by atoms with Gasteiger partial charge in [0.25, 0.3) is 0 Å². The van der Waals surface area contributed by atoms with Crippen LogP contribution in [0.2, 0.25) is 0 Å². The van der Waals surface area contributed by atoms with Gasteiger partial charge in [0.2, 0.25) is 10.0 Å². The molecule has 1 aromatic carbocycles. The summed E-state index contributed by atoms with van der Waals surface area (Å²) in [6.07, 6.45) is 4.20. The van der Waals surface area contributed by atoms with E-state index >= 15 is 0 Å². The Kier molecular flexibility index (Phi) is 10.3. The second-order valence-electron chi connectivity index (χ2n) is 6.47. The third kappa shape index (κ3) is 9.20. The van der Waals surface area contributed by atoms with Crippen molar-refractivity contribution < 1.29 is 8.42 Å². The summed E-state index contributed by atoms with van der Waals surface area (Å²) in [5.41, 5.74) is 2.41. The van der Waals surface area contributed by atoms with Gasteiger partial charge in [-0.05, 0) is 25.3 Å². The normalized spacial score (nSPS) is 12.4. The number of aryl methyl sites for hydroxylation is 1. The van der Waals surface area contributed by atoms with Crippen molar-refractivity contribution in [1.82, 2.24) is 14.9 Å². The number of hydrogen-bond donors (Lipinski definition) is 2. The van der Waals surface area contributed by atoms with E-state index in [1.165, 1.54) is 21.7 Å². The third-order valence-electron chi connectivity index (χ3n) is 4.06. The molecule has 6 nitrogen and oxygen atoms in total. The molecule has 0 amide bonds. The maximum Gasteiger partial charge on any atom is 0.211 e. The zero-order chi connectivity index (χ0) is 19.4. The van der Waals surface area contributed by atoms with Crippen LogP contribution in [0.5, 0.6) is 0 Å². The minimum atomic E-state index is -3.12. The first-order valence-corrected chi connectivity index (χ1v) is 11.2. The molecule has 0 atom stereocenters. The van der Waals surface area contributed by atoms with Crippen LogP contribution in [-0.4, -0.2) is 51.1 Å². The Balaban J connectivity index is 2.54. The van der Waals surface area contributed by atoms with E-state index in [2.05, 4.69) is 53.7 Å². The lowest BCUT2D eigenvalue weighted by atomic mass is 10.1. The van der Waals surface area contributed by atoms with Gasteiger partial charge in [0.05, 0.1) is 12.8 Å². The predicted molar refractivity (Wildman–Crippen MR) is 110 cm³/mol. The third-order valence-corrected chi connectivity index (χ3v) is 5.44. The highest BCUT2D eigenvalue weighted by Gasteiger charge is 2.13. The molecule has 0 unspecified atom stereocenters. The van der Waals surface area contributed by atoms with Crippen LogP contribution in [0, 0.1) is 6.92 Å². The second kappa shape index (κ2) is 11.9. The van der Waals surface area contributed by atoms with Crippen molar-refractivity contribution >= 4 is 16.0 Å². The van der Waals surface area contributed by atoms with Gasteiger partial charge in [0.1, 0.15) is 0 Å². The maximum absolute atomic E-state index is 11.6. The Morgan fingerprint density at radius 3 is 2.23 bits per heavy atom. The van der Waals surface area contributed by atoms with Crippen molar-refractivity contribution in [2.45, 2.75) is 46.6 Å². The lowest BCUT2D eigenvalue weighted by Gasteiger charge is -2.18. The summed E-state index contributed by atoms with van der Waals surface area (Å²) in [5.74, 6) is 0.779. The Morgan fingerprint density at radius 2 is 1.69 bits per heavy atom. The highest BCUT2D eigenvalue weighted by molar-refractivity contribution is 7.88. The van der Waals surface area contributed by atoms with Crippen LogP contribution in [0.1, 0.15) is 44.2 Å².